The maximum absolute atomic E-state index is 5.88. The Kier molecular flexibility index (Phi) is 3.21. The first-order valence-corrected chi connectivity index (χ1v) is 4.84. The lowest BCUT2D eigenvalue weighted by molar-refractivity contribution is 0.413. The van der Waals surface area contributed by atoms with Crippen molar-refractivity contribution in [3.05, 3.63) is 29.8 Å². The van der Waals surface area contributed by atoms with Gasteiger partial charge in [-0.3, -0.25) is 0 Å². The molecule has 0 N–H and O–H groups in total. The monoisotopic (exact) mass is 198 g/mol. The van der Waals surface area contributed by atoms with E-state index in [-0.39, 0.29) is 5.41 Å². The van der Waals surface area contributed by atoms with E-state index in [4.69, 9.17) is 16.3 Å². The Morgan fingerprint density at radius 2 is 2.08 bits per heavy atom. The first kappa shape index (κ1) is 10.4. The van der Waals surface area contributed by atoms with Crippen LogP contribution in [0.3, 0.4) is 0 Å². The molecular weight excluding hydrogens is 184 g/mol. The van der Waals surface area contributed by atoms with Gasteiger partial charge in [0.15, 0.2) is 0 Å². The molecule has 0 heterocycles. The minimum atomic E-state index is 0.0100. The Labute approximate surface area is 84.7 Å². The van der Waals surface area contributed by atoms with Crippen molar-refractivity contribution in [1.29, 1.82) is 0 Å². The Morgan fingerprint density at radius 3 is 2.62 bits per heavy atom. The predicted molar refractivity (Wildman–Crippen MR) is 56.7 cm³/mol. The van der Waals surface area contributed by atoms with Gasteiger partial charge in [-0.2, -0.15) is 0 Å². The largest absolute Gasteiger partial charge is 0.497 e. The molecule has 0 amide bonds. The average molecular weight is 199 g/mol. The summed E-state index contributed by atoms with van der Waals surface area (Å²) in [6, 6.07) is 8.03. The van der Waals surface area contributed by atoms with E-state index in [1.54, 1.807) is 7.11 Å². The molecule has 0 aliphatic rings. The van der Waals surface area contributed by atoms with E-state index >= 15 is 0 Å². The van der Waals surface area contributed by atoms with Crippen molar-refractivity contribution < 1.29 is 4.74 Å². The fourth-order valence-electron chi connectivity index (χ4n) is 1.12. The van der Waals surface area contributed by atoms with Crippen LogP contribution >= 0.6 is 11.6 Å². The van der Waals surface area contributed by atoms with Gasteiger partial charge in [0.1, 0.15) is 5.75 Å². The van der Waals surface area contributed by atoms with Crippen LogP contribution in [0.15, 0.2) is 24.3 Å². The van der Waals surface area contributed by atoms with Crippen LogP contribution in [0.5, 0.6) is 5.75 Å². The highest BCUT2D eigenvalue weighted by molar-refractivity contribution is 6.18. The van der Waals surface area contributed by atoms with E-state index in [1.807, 2.05) is 18.2 Å². The Bertz CT molecular complexity index is 281. The summed E-state index contributed by atoms with van der Waals surface area (Å²) in [5, 5.41) is 0. The summed E-state index contributed by atoms with van der Waals surface area (Å²) in [6.45, 7) is 4.24. The number of benzene rings is 1. The summed E-state index contributed by atoms with van der Waals surface area (Å²) in [6.07, 6.45) is 0. The minimum absolute atomic E-state index is 0.0100. The van der Waals surface area contributed by atoms with E-state index in [9.17, 15) is 0 Å². The summed E-state index contributed by atoms with van der Waals surface area (Å²) in [7, 11) is 1.67. The van der Waals surface area contributed by atoms with E-state index < -0.39 is 0 Å². The molecule has 0 fully saturated rings. The summed E-state index contributed by atoms with van der Waals surface area (Å²) < 4.78 is 5.15. The number of hydrogen-bond acceptors (Lipinski definition) is 1. The van der Waals surface area contributed by atoms with E-state index in [0.29, 0.717) is 5.88 Å². The summed E-state index contributed by atoms with van der Waals surface area (Å²) in [5.74, 6) is 1.50. The minimum Gasteiger partial charge on any atom is -0.497 e. The molecule has 0 aromatic heterocycles. The standard InChI is InChI=1S/C11H15ClO/c1-11(2,8-12)9-5-4-6-10(7-9)13-3/h4-7H,8H2,1-3H3. The maximum Gasteiger partial charge on any atom is 0.119 e. The number of hydrogen-bond donors (Lipinski definition) is 0. The fourth-order valence-corrected chi connectivity index (χ4v) is 1.28. The zero-order chi connectivity index (χ0) is 9.90. The number of halogens is 1. The second-order valence-corrected chi connectivity index (χ2v) is 4.02. The second kappa shape index (κ2) is 4.01. The molecule has 2 heteroatoms. The zero-order valence-corrected chi connectivity index (χ0v) is 9.06. The average Bonchev–Trinajstić information content (AvgIpc) is 2.18. The molecular formula is C11H15ClO. The van der Waals surface area contributed by atoms with Crippen LogP contribution in [-0.2, 0) is 5.41 Å². The lowest BCUT2D eigenvalue weighted by atomic mass is 9.87. The van der Waals surface area contributed by atoms with Crippen molar-refractivity contribution in [2.75, 3.05) is 13.0 Å². The maximum atomic E-state index is 5.88. The SMILES string of the molecule is COc1cccc(C(C)(C)CCl)c1. The Balaban J connectivity index is 3.01. The van der Waals surface area contributed by atoms with Crippen molar-refractivity contribution in [3.8, 4) is 5.75 Å². The summed E-state index contributed by atoms with van der Waals surface area (Å²) in [5.41, 5.74) is 1.22. The molecule has 0 aliphatic heterocycles. The molecule has 0 aliphatic carbocycles. The number of methoxy groups -OCH3 is 1. The van der Waals surface area contributed by atoms with Crippen molar-refractivity contribution in [1.82, 2.24) is 0 Å². The van der Waals surface area contributed by atoms with Gasteiger partial charge in [-0.1, -0.05) is 26.0 Å². The lowest BCUT2D eigenvalue weighted by Gasteiger charge is -2.22. The third kappa shape index (κ3) is 2.38. The third-order valence-electron chi connectivity index (χ3n) is 2.19. The molecule has 1 aromatic carbocycles. The highest BCUT2D eigenvalue weighted by Crippen LogP contribution is 2.27. The van der Waals surface area contributed by atoms with Gasteiger partial charge in [0, 0.05) is 11.3 Å². The van der Waals surface area contributed by atoms with Crippen LogP contribution in [0.2, 0.25) is 0 Å². The fraction of sp³-hybridized carbons (Fsp3) is 0.455. The topological polar surface area (TPSA) is 9.23 Å². The van der Waals surface area contributed by atoms with Crippen molar-refractivity contribution >= 4 is 11.6 Å². The molecule has 1 nitrogen and oxygen atoms in total. The van der Waals surface area contributed by atoms with Gasteiger partial charge < -0.3 is 4.74 Å². The first-order chi connectivity index (χ1) is 6.10. The van der Waals surface area contributed by atoms with Crippen molar-refractivity contribution in [2.24, 2.45) is 0 Å². The molecule has 72 valence electrons. The van der Waals surface area contributed by atoms with E-state index in [0.717, 1.165) is 5.75 Å². The van der Waals surface area contributed by atoms with Crippen LogP contribution in [0, 0.1) is 0 Å². The molecule has 1 rings (SSSR count). The Morgan fingerprint density at radius 1 is 1.38 bits per heavy atom. The number of rotatable bonds is 3. The van der Waals surface area contributed by atoms with Gasteiger partial charge in [0.05, 0.1) is 7.11 Å². The highest BCUT2D eigenvalue weighted by Gasteiger charge is 2.19. The van der Waals surface area contributed by atoms with Gasteiger partial charge in [0.25, 0.3) is 0 Å². The molecule has 0 spiro atoms. The van der Waals surface area contributed by atoms with Crippen molar-refractivity contribution in [3.63, 3.8) is 0 Å². The molecule has 13 heavy (non-hydrogen) atoms. The van der Waals surface area contributed by atoms with Crippen LogP contribution in [-0.4, -0.2) is 13.0 Å². The Hall–Kier alpha value is -0.690. The summed E-state index contributed by atoms with van der Waals surface area (Å²) in [4.78, 5) is 0. The second-order valence-electron chi connectivity index (χ2n) is 3.75. The molecule has 0 saturated heterocycles. The first-order valence-electron chi connectivity index (χ1n) is 4.30. The zero-order valence-electron chi connectivity index (χ0n) is 8.30. The van der Waals surface area contributed by atoms with Crippen LogP contribution in [0.25, 0.3) is 0 Å². The van der Waals surface area contributed by atoms with Crippen molar-refractivity contribution in [2.45, 2.75) is 19.3 Å². The van der Waals surface area contributed by atoms with Gasteiger partial charge in [-0.25, -0.2) is 0 Å². The van der Waals surface area contributed by atoms with Gasteiger partial charge in [-0.15, -0.1) is 11.6 Å². The lowest BCUT2D eigenvalue weighted by Crippen LogP contribution is -2.18. The number of alkyl halides is 1. The molecule has 0 radical (unpaired) electrons. The highest BCUT2D eigenvalue weighted by atomic mass is 35.5. The van der Waals surface area contributed by atoms with Gasteiger partial charge in [-0.05, 0) is 17.7 Å². The van der Waals surface area contributed by atoms with Gasteiger partial charge in [0.2, 0.25) is 0 Å². The van der Waals surface area contributed by atoms with E-state index in [1.165, 1.54) is 5.56 Å². The van der Waals surface area contributed by atoms with E-state index in [2.05, 4.69) is 19.9 Å². The molecule has 0 unspecified atom stereocenters. The molecule has 0 saturated carbocycles. The number of ether oxygens (including phenoxy) is 1. The predicted octanol–water partition coefficient (Wildman–Crippen LogP) is 3.21. The van der Waals surface area contributed by atoms with Crippen LogP contribution < -0.4 is 4.74 Å². The summed E-state index contributed by atoms with van der Waals surface area (Å²) >= 11 is 5.88. The normalized spacial score (nSPS) is 11.4. The van der Waals surface area contributed by atoms with Gasteiger partial charge >= 0.3 is 0 Å². The quantitative estimate of drug-likeness (QED) is 0.678. The molecule has 0 bridgehead atoms. The van der Waals surface area contributed by atoms with Crippen LogP contribution in [0.1, 0.15) is 19.4 Å². The van der Waals surface area contributed by atoms with Crippen LogP contribution in [0.4, 0.5) is 0 Å². The molecule has 0 atom stereocenters. The smallest absolute Gasteiger partial charge is 0.119 e. The third-order valence-corrected chi connectivity index (χ3v) is 2.85. The molecule has 1 aromatic rings.